The molecule has 1 heterocycles. The molecule has 30 heavy (non-hydrogen) atoms. The van der Waals surface area contributed by atoms with Crippen molar-refractivity contribution < 1.29 is 24.2 Å². The first-order valence-electron chi connectivity index (χ1n) is 10.0. The third-order valence-electron chi connectivity index (χ3n) is 5.26. The van der Waals surface area contributed by atoms with Gasteiger partial charge in [0.05, 0.1) is 25.3 Å². The van der Waals surface area contributed by atoms with Gasteiger partial charge in [0.1, 0.15) is 0 Å². The summed E-state index contributed by atoms with van der Waals surface area (Å²) in [7, 11) is 1.55. The van der Waals surface area contributed by atoms with Crippen LogP contribution in [0.4, 0.5) is 5.69 Å². The Kier molecular flexibility index (Phi) is 6.15. The summed E-state index contributed by atoms with van der Waals surface area (Å²) in [5.41, 5.74) is 3.27. The van der Waals surface area contributed by atoms with Gasteiger partial charge in [-0.1, -0.05) is 25.1 Å². The number of amides is 1. The lowest BCUT2D eigenvalue weighted by Gasteiger charge is -2.29. The third-order valence-corrected chi connectivity index (χ3v) is 5.26. The number of benzene rings is 2. The summed E-state index contributed by atoms with van der Waals surface area (Å²) >= 11 is 0. The predicted molar refractivity (Wildman–Crippen MR) is 115 cm³/mol. The number of ether oxygens (including phenoxy) is 2. The zero-order valence-electron chi connectivity index (χ0n) is 18.0. The number of rotatable bonds is 7. The van der Waals surface area contributed by atoms with E-state index in [4.69, 9.17) is 9.47 Å². The number of nitrogens with zero attached hydrogens (tertiary/aromatic N) is 1. The number of aryl methyl sites for hydroxylation is 2. The van der Waals surface area contributed by atoms with E-state index in [1.165, 1.54) is 4.90 Å². The maximum Gasteiger partial charge on any atom is 0.294 e. The quantitative estimate of drug-likeness (QED) is 0.724. The van der Waals surface area contributed by atoms with E-state index in [0.717, 1.165) is 11.1 Å². The molecule has 2 aromatic rings. The molecule has 6 heteroatoms. The second-order valence-electron chi connectivity index (χ2n) is 7.25. The molecule has 0 aromatic heterocycles. The highest BCUT2D eigenvalue weighted by atomic mass is 16.5. The predicted octanol–water partition coefficient (Wildman–Crippen LogP) is 4.59. The first-order chi connectivity index (χ1) is 14.3. The second kappa shape index (κ2) is 8.61. The van der Waals surface area contributed by atoms with Gasteiger partial charge in [0.15, 0.2) is 23.0 Å². The molecule has 6 nitrogen and oxygen atoms in total. The smallest absolute Gasteiger partial charge is 0.294 e. The van der Waals surface area contributed by atoms with Gasteiger partial charge in [-0.25, -0.2) is 0 Å². The molecule has 3 rings (SSSR count). The van der Waals surface area contributed by atoms with E-state index in [1.54, 1.807) is 32.2 Å². The summed E-state index contributed by atoms with van der Waals surface area (Å²) in [4.78, 5) is 27.4. The van der Waals surface area contributed by atoms with Crippen molar-refractivity contribution in [2.24, 2.45) is 0 Å². The highest BCUT2D eigenvalue weighted by Gasteiger charge is 2.44. The molecule has 0 fully saturated rings. The Balaban J connectivity index is 2.24. The van der Waals surface area contributed by atoms with Crippen LogP contribution in [-0.4, -0.2) is 30.5 Å². The standard InChI is InChI=1S/C24H27NO5/c1-6-18(26)21-22(16-10-11-19(29-5)20(13-16)30-7-2)25(24(28)23(21)27)17-12-14(3)8-9-15(17)4/h8-13,22,27H,6-7H2,1-5H3. The second-order valence-corrected chi connectivity index (χ2v) is 7.25. The van der Waals surface area contributed by atoms with Gasteiger partial charge in [-0.05, 0) is 55.7 Å². The third kappa shape index (κ3) is 3.65. The minimum absolute atomic E-state index is 0.107. The Morgan fingerprint density at radius 3 is 2.47 bits per heavy atom. The van der Waals surface area contributed by atoms with Gasteiger partial charge in [0.25, 0.3) is 5.91 Å². The molecule has 1 aliphatic heterocycles. The zero-order valence-corrected chi connectivity index (χ0v) is 18.0. The highest BCUT2D eigenvalue weighted by Crippen LogP contribution is 2.44. The van der Waals surface area contributed by atoms with Crippen LogP contribution >= 0.6 is 0 Å². The number of carbonyl (C=O) groups is 2. The maximum absolute atomic E-state index is 13.1. The van der Waals surface area contributed by atoms with Crippen molar-refractivity contribution in [3.63, 3.8) is 0 Å². The molecule has 0 saturated carbocycles. The Labute approximate surface area is 176 Å². The fourth-order valence-electron chi connectivity index (χ4n) is 3.76. The van der Waals surface area contributed by atoms with E-state index in [1.807, 2.05) is 39.0 Å². The van der Waals surface area contributed by atoms with Crippen LogP contribution in [-0.2, 0) is 9.59 Å². The molecule has 1 atom stereocenters. The van der Waals surface area contributed by atoms with Gasteiger partial charge in [-0.2, -0.15) is 0 Å². The summed E-state index contributed by atoms with van der Waals surface area (Å²) in [6, 6.07) is 10.3. The number of Topliss-reactive ketones (excluding diaryl/α,β-unsaturated/α-hetero) is 1. The van der Waals surface area contributed by atoms with E-state index >= 15 is 0 Å². The Hall–Kier alpha value is -3.28. The normalized spacial score (nSPS) is 16.2. The van der Waals surface area contributed by atoms with E-state index in [2.05, 4.69) is 0 Å². The van der Waals surface area contributed by atoms with Crippen molar-refractivity contribution in [3.8, 4) is 11.5 Å². The van der Waals surface area contributed by atoms with E-state index in [-0.39, 0.29) is 17.8 Å². The molecule has 0 saturated heterocycles. The fraction of sp³-hybridized carbons (Fsp3) is 0.333. The van der Waals surface area contributed by atoms with Crippen LogP contribution in [0.3, 0.4) is 0 Å². The van der Waals surface area contributed by atoms with Gasteiger partial charge in [0.2, 0.25) is 0 Å². The lowest BCUT2D eigenvalue weighted by atomic mass is 9.94. The Bertz CT molecular complexity index is 1020. The number of carbonyl (C=O) groups excluding carboxylic acids is 2. The van der Waals surface area contributed by atoms with Gasteiger partial charge in [0, 0.05) is 12.1 Å². The number of anilines is 1. The van der Waals surface area contributed by atoms with Gasteiger partial charge >= 0.3 is 0 Å². The van der Waals surface area contributed by atoms with Crippen molar-refractivity contribution in [1.29, 1.82) is 0 Å². The fourth-order valence-corrected chi connectivity index (χ4v) is 3.76. The first kappa shape index (κ1) is 21.4. The van der Waals surface area contributed by atoms with Crippen molar-refractivity contribution in [2.75, 3.05) is 18.6 Å². The number of ketones is 1. The first-order valence-corrected chi connectivity index (χ1v) is 10.0. The summed E-state index contributed by atoms with van der Waals surface area (Å²) in [5, 5.41) is 10.7. The Morgan fingerprint density at radius 1 is 1.10 bits per heavy atom. The van der Waals surface area contributed by atoms with Crippen molar-refractivity contribution in [3.05, 3.63) is 64.4 Å². The lowest BCUT2D eigenvalue weighted by molar-refractivity contribution is -0.118. The minimum Gasteiger partial charge on any atom is -0.503 e. The molecule has 158 valence electrons. The van der Waals surface area contributed by atoms with E-state index < -0.39 is 17.7 Å². The monoisotopic (exact) mass is 409 g/mol. The number of hydrogen-bond acceptors (Lipinski definition) is 5. The van der Waals surface area contributed by atoms with E-state index in [0.29, 0.717) is 29.4 Å². The largest absolute Gasteiger partial charge is 0.503 e. The molecule has 0 spiro atoms. The molecule has 1 aliphatic rings. The van der Waals surface area contributed by atoms with E-state index in [9.17, 15) is 14.7 Å². The van der Waals surface area contributed by atoms with Crippen LogP contribution in [0.25, 0.3) is 0 Å². The summed E-state index contributed by atoms with van der Waals surface area (Å²) in [5.74, 6) is -0.284. The topological polar surface area (TPSA) is 76.1 Å². The van der Waals surface area contributed by atoms with Crippen LogP contribution in [0.2, 0.25) is 0 Å². The Morgan fingerprint density at radius 2 is 1.83 bits per heavy atom. The number of aliphatic hydroxyl groups excluding tert-OH is 1. The van der Waals surface area contributed by atoms with Gasteiger partial charge < -0.3 is 14.6 Å². The zero-order chi connectivity index (χ0) is 22.0. The average Bonchev–Trinajstić information content (AvgIpc) is 3.00. The molecule has 0 aliphatic carbocycles. The van der Waals surface area contributed by atoms with Crippen LogP contribution in [0.5, 0.6) is 11.5 Å². The van der Waals surface area contributed by atoms with Crippen LogP contribution in [0.15, 0.2) is 47.7 Å². The number of methoxy groups -OCH3 is 1. The van der Waals surface area contributed by atoms with Crippen molar-refractivity contribution >= 4 is 17.4 Å². The highest BCUT2D eigenvalue weighted by molar-refractivity contribution is 6.16. The molecular formula is C24H27NO5. The molecule has 1 N–H and O–H groups in total. The van der Waals surface area contributed by atoms with Gasteiger partial charge in [-0.15, -0.1) is 0 Å². The maximum atomic E-state index is 13.1. The average molecular weight is 409 g/mol. The van der Waals surface area contributed by atoms with Crippen LogP contribution in [0, 0.1) is 13.8 Å². The van der Waals surface area contributed by atoms with Crippen LogP contribution in [0.1, 0.15) is 43.0 Å². The number of hydrogen-bond donors (Lipinski definition) is 1. The molecule has 0 bridgehead atoms. The summed E-state index contributed by atoms with van der Waals surface area (Å²) < 4.78 is 11.1. The lowest BCUT2D eigenvalue weighted by Crippen LogP contribution is -2.31. The van der Waals surface area contributed by atoms with Crippen molar-refractivity contribution in [1.82, 2.24) is 0 Å². The van der Waals surface area contributed by atoms with Crippen molar-refractivity contribution in [2.45, 2.75) is 40.2 Å². The number of aliphatic hydroxyl groups is 1. The SMILES string of the molecule is CCOc1cc(C2C(C(=O)CC)=C(O)C(=O)N2c2cc(C)ccc2C)ccc1OC. The van der Waals surface area contributed by atoms with Crippen LogP contribution < -0.4 is 14.4 Å². The summed E-state index contributed by atoms with van der Waals surface area (Å²) in [6.45, 7) is 7.85. The molecule has 0 radical (unpaired) electrons. The molecule has 1 amide bonds. The molecular weight excluding hydrogens is 382 g/mol. The van der Waals surface area contributed by atoms with Gasteiger partial charge in [-0.3, -0.25) is 14.5 Å². The summed E-state index contributed by atoms with van der Waals surface area (Å²) in [6.07, 6.45) is 0.179. The molecule has 1 unspecified atom stereocenters. The molecule has 2 aromatic carbocycles. The minimum atomic E-state index is -0.754.